The molecule has 0 atom stereocenters. The molecule has 0 spiro atoms. The summed E-state index contributed by atoms with van der Waals surface area (Å²) < 4.78 is 5.50. The molecule has 0 aliphatic carbocycles. The highest BCUT2D eigenvalue weighted by Gasteiger charge is 2.04. The number of hydrogen-bond donors (Lipinski definition) is 2. The zero-order chi connectivity index (χ0) is 15.2. The number of nitrogens with one attached hydrogen (secondary N) is 1. The molecule has 0 bridgehead atoms. The van der Waals surface area contributed by atoms with Crippen LogP contribution >= 0.6 is 23.2 Å². The lowest BCUT2D eigenvalue weighted by Gasteiger charge is -2.10. The highest BCUT2D eigenvalue weighted by atomic mass is 35.5. The molecule has 0 radical (unpaired) electrons. The van der Waals surface area contributed by atoms with Crippen LogP contribution in [0.1, 0.15) is 10.4 Å². The second-order valence-corrected chi connectivity index (χ2v) is 4.99. The highest BCUT2D eigenvalue weighted by molar-refractivity contribution is 6.43. The van der Waals surface area contributed by atoms with Gasteiger partial charge in [-0.3, -0.25) is 0 Å². The normalized spacial score (nSPS) is 10.2. The molecule has 0 fully saturated rings. The third-order valence-corrected chi connectivity index (χ3v) is 3.56. The van der Waals surface area contributed by atoms with Crippen molar-refractivity contribution in [1.82, 2.24) is 0 Å². The van der Waals surface area contributed by atoms with Crippen molar-refractivity contribution in [3.05, 3.63) is 58.1 Å². The summed E-state index contributed by atoms with van der Waals surface area (Å²) >= 11 is 12.0. The number of rotatable bonds is 6. The first-order valence-electron chi connectivity index (χ1n) is 6.22. The summed E-state index contributed by atoms with van der Waals surface area (Å²) in [6.07, 6.45) is 0. The van der Waals surface area contributed by atoms with Gasteiger partial charge in [-0.2, -0.15) is 0 Å². The molecule has 2 rings (SSSR count). The Morgan fingerprint density at radius 2 is 1.86 bits per heavy atom. The van der Waals surface area contributed by atoms with E-state index in [0.29, 0.717) is 28.9 Å². The van der Waals surface area contributed by atoms with E-state index < -0.39 is 5.97 Å². The Morgan fingerprint density at radius 1 is 1.14 bits per heavy atom. The molecule has 2 N–H and O–H groups in total. The van der Waals surface area contributed by atoms with Gasteiger partial charge in [0.05, 0.1) is 21.3 Å². The van der Waals surface area contributed by atoms with E-state index in [-0.39, 0.29) is 5.56 Å². The zero-order valence-electron chi connectivity index (χ0n) is 11.0. The molecule has 0 aliphatic rings. The maximum Gasteiger partial charge on any atom is 0.335 e. The number of carboxylic acid groups (broad SMARTS) is 1. The first-order chi connectivity index (χ1) is 10.1. The van der Waals surface area contributed by atoms with Gasteiger partial charge in [-0.15, -0.1) is 0 Å². The second-order valence-electron chi connectivity index (χ2n) is 4.21. The van der Waals surface area contributed by atoms with E-state index in [2.05, 4.69) is 5.32 Å². The fraction of sp³-hybridized carbons (Fsp3) is 0.133. The van der Waals surface area contributed by atoms with Crippen molar-refractivity contribution in [3.63, 3.8) is 0 Å². The van der Waals surface area contributed by atoms with Gasteiger partial charge in [0.15, 0.2) is 0 Å². The predicted molar refractivity (Wildman–Crippen MR) is 83.8 cm³/mol. The Kier molecular flexibility index (Phi) is 5.31. The Balaban J connectivity index is 1.82. The van der Waals surface area contributed by atoms with Gasteiger partial charge in [0.1, 0.15) is 12.4 Å². The summed E-state index contributed by atoms with van der Waals surface area (Å²) in [5, 5.41) is 12.9. The van der Waals surface area contributed by atoms with Gasteiger partial charge in [-0.25, -0.2) is 4.79 Å². The minimum Gasteiger partial charge on any atom is -0.492 e. The van der Waals surface area contributed by atoms with Gasteiger partial charge in [0.25, 0.3) is 0 Å². The summed E-state index contributed by atoms with van der Waals surface area (Å²) in [7, 11) is 0. The molecule has 6 heteroatoms. The van der Waals surface area contributed by atoms with Crippen molar-refractivity contribution in [2.75, 3.05) is 18.5 Å². The summed E-state index contributed by atoms with van der Waals surface area (Å²) in [5.41, 5.74) is 0.972. The lowest BCUT2D eigenvalue weighted by Crippen LogP contribution is -2.11. The molecular formula is C15H13Cl2NO3. The summed E-state index contributed by atoms with van der Waals surface area (Å²) in [4.78, 5) is 10.7. The largest absolute Gasteiger partial charge is 0.492 e. The van der Waals surface area contributed by atoms with E-state index >= 15 is 0 Å². The van der Waals surface area contributed by atoms with E-state index in [1.807, 2.05) is 12.1 Å². The van der Waals surface area contributed by atoms with E-state index in [4.69, 9.17) is 33.0 Å². The third kappa shape index (κ3) is 4.28. The van der Waals surface area contributed by atoms with Gasteiger partial charge in [-0.1, -0.05) is 29.3 Å². The van der Waals surface area contributed by atoms with Gasteiger partial charge in [0, 0.05) is 6.54 Å². The van der Waals surface area contributed by atoms with Crippen LogP contribution in [-0.2, 0) is 0 Å². The Morgan fingerprint density at radius 3 is 2.52 bits per heavy atom. The van der Waals surface area contributed by atoms with Crippen LogP contribution in [0.2, 0.25) is 10.0 Å². The maximum atomic E-state index is 10.7. The van der Waals surface area contributed by atoms with Crippen LogP contribution < -0.4 is 10.1 Å². The molecule has 110 valence electrons. The molecule has 0 aromatic heterocycles. The first-order valence-corrected chi connectivity index (χ1v) is 6.97. The molecule has 21 heavy (non-hydrogen) atoms. The number of halogens is 2. The van der Waals surface area contributed by atoms with E-state index in [1.165, 1.54) is 12.1 Å². The molecule has 2 aromatic carbocycles. The molecular weight excluding hydrogens is 313 g/mol. The van der Waals surface area contributed by atoms with E-state index in [0.717, 1.165) is 5.69 Å². The quantitative estimate of drug-likeness (QED) is 0.782. The predicted octanol–water partition coefficient (Wildman–Crippen LogP) is 4.18. The second kappa shape index (κ2) is 7.20. The zero-order valence-corrected chi connectivity index (χ0v) is 12.5. The van der Waals surface area contributed by atoms with Gasteiger partial charge in [0.2, 0.25) is 0 Å². The number of ether oxygens (including phenoxy) is 1. The lowest BCUT2D eigenvalue weighted by atomic mass is 10.2. The number of carbonyl (C=O) groups is 1. The monoisotopic (exact) mass is 325 g/mol. The number of hydrogen-bond acceptors (Lipinski definition) is 3. The van der Waals surface area contributed by atoms with Crippen molar-refractivity contribution in [2.45, 2.75) is 0 Å². The maximum absolute atomic E-state index is 10.7. The Hall–Kier alpha value is -1.91. The van der Waals surface area contributed by atoms with Crippen molar-refractivity contribution in [2.24, 2.45) is 0 Å². The molecule has 0 aliphatic heterocycles. The molecule has 2 aromatic rings. The number of benzene rings is 2. The van der Waals surface area contributed by atoms with Crippen LogP contribution in [0.5, 0.6) is 5.75 Å². The first kappa shape index (κ1) is 15.5. The van der Waals surface area contributed by atoms with Gasteiger partial charge in [-0.05, 0) is 36.4 Å². The molecule has 0 saturated carbocycles. The van der Waals surface area contributed by atoms with Crippen LogP contribution in [0.15, 0.2) is 42.5 Å². The average Bonchev–Trinajstić information content (AvgIpc) is 2.48. The minimum absolute atomic E-state index is 0.228. The smallest absolute Gasteiger partial charge is 0.335 e. The summed E-state index contributed by atoms with van der Waals surface area (Å²) in [5.74, 6) is -0.349. The number of carboxylic acids is 1. The highest BCUT2D eigenvalue weighted by Crippen LogP contribution is 2.29. The van der Waals surface area contributed by atoms with Gasteiger partial charge < -0.3 is 15.2 Å². The SMILES string of the molecule is O=C(O)c1ccc(OCCNc2cccc(Cl)c2Cl)cc1. The van der Waals surface area contributed by atoms with E-state index in [1.54, 1.807) is 18.2 Å². The van der Waals surface area contributed by atoms with Crippen molar-refractivity contribution < 1.29 is 14.6 Å². The number of anilines is 1. The topological polar surface area (TPSA) is 58.6 Å². The van der Waals surface area contributed by atoms with Crippen LogP contribution in [0.3, 0.4) is 0 Å². The summed E-state index contributed by atoms with van der Waals surface area (Å²) in [6, 6.07) is 11.6. The van der Waals surface area contributed by atoms with Crippen molar-refractivity contribution in [1.29, 1.82) is 0 Å². The van der Waals surface area contributed by atoms with Crippen molar-refractivity contribution in [3.8, 4) is 5.75 Å². The van der Waals surface area contributed by atoms with E-state index in [9.17, 15) is 4.79 Å². The Labute approximate surface area is 132 Å². The Bertz CT molecular complexity index is 629. The van der Waals surface area contributed by atoms with Crippen LogP contribution in [-0.4, -0.2) is 24.2 Å². The molecule has 0 unspecified atom stereocenters. The van der Waals surface area contributed by atoms with Crippen LogP contribution in [0, 0.1) is 0 Å². The van der Waals surface area contributed by atoms with Crippen LogP contribution in [0.25, 0.3) is 0 Å². The molecule has 0 saturated heterocycles. The standard InChI is InChI=1S/C15H13Cl2NO3/c16-12-2-1-3-13(14(12)17)18-8-9-21-11-6-4-10(5-7-11)15(19)20/h1-7,18H,8-9H2,(H,19,20). The van der Waals surface area contributed by atoms with Crippen molar-refractivity contribution >= 4 is 34.9 Å². The fourth-order valence-corrected chi connectivity index (χ4v) is 2.06. The molecule has 0 amide bonds. The summed E-state index contributed by atoms with van der Waals surface area (Å²) in [6.45, 7) is 0.954. The van der Waals surface area contributed by atoms with Gasteiger partial charge >= 0.3 is 5.97 Å². The van der Waals surface area contributed by atoms with Crippen LogP contribution in [0.4, 0.5) is 5.69 Å². The minimum atomic E-state index is -0.959. The lowest BCUT2D eigenvalue weighted by molar-refractivity contribution is 0.0697. The molecule has 4 nitrogen and oxygen atoms in total. The molecule has 0 heterocycles. The average molecular weight is 326 g/mol. The fourth-order valence-electron chi connectivity index (χ4n) is 1.69. The number of aromatic carboxylic acids is 1. The third-order valence-electron chi connectivity index (χ3n) is 2.74.